The van der Waals surface area contributed by atoms with Gasteiger partial charge in [-0.2, -0.15) is 5.10 Å². The minimum Gasteiger partial charge on any atom is -0.496 e. The van der Waals surface area contributed by atoms with E-state index in [0.29, 0.717) is 17.1 Å². The lowest BCUT2D eigenvalue weighted by Crippen LogP contribution is -2.30. The number of likely N-dealkylation sites (N-methyl/N-ethyl adjacent to an activating group) is 1. The predicted octanol–water partition coefficient (Wildman–Crippen LogP) is 2.74. The fourth-order valence-corrected chi connectivity index (χ4v) is 3.31. The predicted molar refractivity (Wildman–Crippen MR) is 97.0 cm³/mol. The SMILES string of the molecule is COc1cccc2cccc(C(=O)Nc3cc4n(n3)CCN(C)C4)c12. The molecule has 1 aromatic heterocycles. The standard InChI is InChI=1S/C19H20N4O2/c1-22-9-10-23-14(12-22)11-17(21-23)20-19(24)15-7-3-5-13-6-4-8-16(25-2)18(13)15/h3-8,11H,9-10,12H2,1-2H3,(H,20,21,24). The first-order valence-corrected chi connectivity index (χ1v) is 8.28. The highest BCUT2D eigenvalue weighted by Crippen LogP contribution is 2.29. The number of benzene rings is 2. The molecule has 0 unspecified atom stereocenters. The molecule has 1 aliphatic rings. The molecule has 0 fully saturated rings. The Morgan fingerprint density at radius 2 is 2.00 bits per heavy atom. The first-order chi connectivity index (χ1) is 12.2. The number of rotatable bonds is 3. The van der Waals surface area contributed by atoms with Gasteiger partial charge < -0.3 is 10.1 Å². The zero-order valence-corrected chi connectivity index (χ0v) is 14.3. The number of carbonyl (C=O) groups excluding carboxylic acids is 1. The number of aromatic nitrogens is 2. The maximum absolute atomic E-state index is 12.8. The minimum absolute atomic E-state index is 0.182. The monoisotopic (exact) mass is 336 g/mol. The molecule has 6 heteroatoms. The van der Waals surface area contributed by atoms with Gasteiger partial charge in [0.05, 0.1) is 24.9 Å². The van der Waals surface area contributed by atoms with Crippen molar-refractivity contribution < 1.29 is 9.53 Å². The van der Waals surface area contributed by atoms with E-state index in [1.807, 2.05) is 47.1 Å². The second-order valence-corrected chi connectivity index (χ2v) is 6.30. The van der Waals surface area contributed by atoms with Crippen LogP contribution in [0, 0.1) is 0 Å². The van der Waals surface area contributed by atoms with E-state index in [-0.39, 0.29) is 5.91 Å². The molecule has 4 rings (SSSR count). The van der Waals surface area contributed by atoms with Crippen molar-refractivity contribution in [3.8, 4) is 5.75 Å². The molecule has 1 aliphatic heterocycles. The van der Waals surface area contributed by atoms with Crippen LogP contribution < -0.4 is 10.1 Å². The number of anilines is 1. The number of hydrogen-bond acceptors (Lipinski definition) is 4. The molecule has 0 radical (unpaired) electrons. The summed E-state index contributed by atoms with van der Waals surface area (Å²) in [7, 11) is 3.69. The first-order valence-electron chi connectivity index (χ1n) is 8.28. The Balaban J connectivity index is 1.67. The Bertz CT molecular complexity index is 942. The Kier molecular flexibility index (Phi) is 3.89. The van der Waals surface area contributed by atoms with Gasteiger partial charge in [0, 0.05) is 24.5 Å². The summed E-state index contributed by atoms with van der Waals surface area (Å²) < 4.78 is 7.40. The lowest BCUT2D eigenvalue weighted by Gasteiger charge is -2.22. The Labute approximate surface area is 146 Å². The van der Waals surface area contributed by atoms with Gasteiger partial charge in [0.1, 0.15) is 5.75 Å². The fourth-order valence-electron chi connectivity index (χ4n) is 3.31. The van der Waals surface area contributed by atoms with Crippen LogP contribution in [0.1, 0.15) is 16.1 Å². The van der Waals surface area contributed by atoms with Gasteiger partial charge in [-0.3, -0.25) is 14.4 Å². The lowest BCUT2D eigenvalue weighted by atomic mass is 10.0. The summed E-state index contributed by atoms with van der Waals surface area (Å²) in [5.74, 6) is 1.09. The summed E-state index contributed by atoms with van der Waals surface area (Å²) in [5, 5.41) is 9.21. The zero-order valence-electron chi connectivity index (χ0n) is 14.3. The molecule has 1 amide bonds. The van der Waals surface area contributed by atoms with Crippen LogP contribution in [-0.2, 0) is 13.1 Å². The number of ether oxygens (including phenoxy) is 1. The average molecular weight is 336 g/mol. The molecule has 0 bridgehead atoms. The number of fused-ring (bicyclic) bond motifs is 2. The second kappa shape index (κ2) is 6.22. The van der Waals surface area contributed by atoms with Gasteiger partial charge in [0.15, 0.2) is 5.82 Å². The molecule has 0 aliphatic carbocycles. The molecule has 3 aromatic rings. The molecule has 0 saturated carbocycles. The molecule has 0 spiro atoms. The molecule has 25 heavy (non-hydrogen) atoms. The summed E-state index contributed by atoms with van der Waals surface area (Å²) in [6, 6.07) is 13.4. The first kappa shape index (κ1) is 15.7. The molecule has 1 N–H and O–H groups in total. The largest absolute Gasteiger partial charge is 0.496 e. The van der Waals surface area contributed by atoms with Crippen molar-refractivity contribution >= 4 is 22.5 Å². The molecular weight excluding hydrogens is 316 g/mol. The van der Waals surface area contributed by atoms with Crippen LogP contribution in [0.2, 0.25) is 0 Å². The van der Waals surface area contributed by atoms with E-state index in [4.69, 9.17) is 4.74 Å². The summed E-state index contributed by atoms with van der Waals surface area (Å²) in [5.41, 5.74) is 1.69. The highest BCUT2D eigenvalue weighted by molar-refractivity contribution is 6.14. The molecule has 0 atom stereocenters. The van der Waals surface area contributed by atoms with E-state index in [9.17, 15) is 4.79 Å². The van der Waals surface area contributed by atoms with Crippen LogP contribution in [0.5, 0.6) is 5.75 Å². The van der Waals surface area contributed by atoms with Crippen LogP contribution in [-0.4, -0.2) is 41.3 Å². The number of nitrogens with one attached hydrogen (secondary N) is 1. The highest BCUT2D eigenvalue weighted by Gasteiger charge is 2.18. The normalized spacial score (nSPS) is 14.3. The number of hydrogen-bond donors (Lipinski definition) is 1. The third-order valence-electron chi connectivity index (χ3n) is 4.56. The summed E-state index contributed by atoms with van der Waals surface area (Å²) in [6.45, 7) is 2.64. The molecule has 2 heterocycles. The van der Waals surface area contributed by atoms with Gasteiger partial charge in [0.25, 0.3) is 5.91 Å². The van der Waals surface area contributed by atoms with E-state index < -0.39 is 0 Å². The smallest absolute Gasteiger partial charge is 0.257 e. The van der Waals surface area contributed by atoms with Crippen molar-refractivity contribution in [2.45, 2.75) is 13.1 Å². The van der Waals surface area contributed by atoms with Crippen LogP contribution in [0.4, 0.5) is 5.82 Å². The third-order valence-corrected chi connectivity index (χ3v) is 4.56. The van der Waals surface area contributed by atoms with Gasteiger partial charge in [-0.15, -0.1) is 0 Å². The van der Waals surface area contributed by atoms with Gasteiger partial charge in [0.2, 0.25) is 0 Å². The fraction of sp³-hybridized carbons (Fsp3) is 0.263. The number of nitrogens with zero attached hydrogens (tertiary/aromatic N) is 3. The average Bonchev–Trinajstić information content (AvgIpc) is 3.01. The molecule has 128 valence electrons. The maximum atomic E-state index is 12.8. The van der Waals surface area contributed by atoms with Crippen molar-refractivity contribution in [2.75, 3.05) is 26.0 Å². The van der Waals surface area contributed by atoms with E-state index in [0.717, 1.165) is 36.1 Å². The minimum atomic E-state index is -0.182. The molecule has 2 aromatic carbocycles. The summed E-state index contributed by atoms with van der Waals surface area (Å²) in [4.78, 5) is 15.1. The van der Waals surface area contributed by atoms with Crippen molar-refractivity contribution in [2.24, 2.45) is 0 Å². The highest BCUT2D eigenvalue weighted by atomic mass is 16.5. The van der Waals surface area contributed by atoms with E-state index in [1.54, 1.807) is 7.11 Å². The van der Waals surface area contributed by atoms with E-state index >= 15 is 0 Å². The van der Waals surface area contributed by atoms with Crippen LogP contribution in [0.3, 0.4) is 0 Å². The van der Waals surface area contributed by atoms with Crippen molar-refractivity contribution in [1.29, 1.82) is 0 Å². The Morgan fingerprint density at radius 1 is 1.20 bits per heavy atom. The van der Waals surface area contributed by atoms with Gasteiger partial charge in [-0.25, -0.2) is 0 Å². The molecular formula is C19H20N4O2. The van der Waals surface area contributed by atoms with Crippen molar-refractivity contribution in [1.82, 2.24) is 14.7 Å². The summed E-state index contributed by atoms with van der Waals surface area (Å²) in [6.07, 6.45) is 0. The van der Waals surface area contributed by atoms with Crippen LogP contribution in [0.25, 0.3) is 10.8 Å². The van der Waals surface area contributed by atoms with Gasteiger partial charge >= 0.3 is 0 Å². The van der Waals surface area contributed by atoms with Crippen molar-refractivity contribution in [3.63, 3.8) is 0 Å². The molecule has 6 nitrogen and oxygen atoms in total. The number of methoxy groups -OCH3 is 1. The lowest BCUT2D eigenvalue weighted by molar-refractivity contribution is 0.102. The Morgan fingerprint density at radius 3 is 2.80 bits per heavy atom. The van der Waals surface area contributed by atoms with Crippen molar-refractivity contribution in [3.05, 3.63) is 53.7 Å². The Hall–Kier alpha value is -2.86. The van der Waals surface area contributed by atoms with E-state index in [1.165, 1.54) is 0 Å². The van der Waals surface area contributed by atoms with Crippen LogP contribution in [0.15, 0.2) is 42.5 Å². The third kappa shape index (κ3) is 2.85. The zero-order chi connectivity index (χ0) is 17.4. The van der Waals surface area contributed by atoms with Crippen LogP contribution >= 0.6 is 0 Å². The van der Waals surface area contributed by atoms with E-state index in [2.05, 4.69) is 22.4 Å². The summed E-state index contributed by atoms with van der Waals surface area (Å²) >= 11 is 0. The second-order valence-electron chi connectivity index (χ2n) is 6.30. The number of amides is 1. The maximum Gasteiger partial charge on any atom is 0.257 e. The quantitative estimate of drug-likeness (QED) is 0.799. The molecule has 0 saturated heterocycles. The van der Waals surface area contributed by atoms with Gasteiger partial charge in [-0.05, 0) is 24.6 Å². The topological polar surface area (TPSA) is 59.4 Å². The van der Waals surface area contributed by atoms with Gasteiger partial charge in [-0.1, -0.05) is 24.3 Å². The number of carbonyl (C=O) groups is 1.